The molecule has 1 aliphatic heterocycles. The molecular weight excluding hydrogens is 425 g/mol. The van der Waals surface area contributed by atoms with E-state index in [0.29, 0.717) is 18.8 Å². The van der Waals surface area contributed by atoms with Crippen LogP contribution in [-0.2, 0) is 4.79 Å². The molecule has 158 valence electrons. The van der Waals surface area contributed by atoms with Crippen LogP contribution >= 0.6 is 23.1 Å². The normalized spacial score (nSPS) is 14.2. The number of piperazine rings is 1. The number of carbonyl (C=O) groups is 1. The number of halogens is 1. The lowest BCUT2D eigenvalue weighted by Gasteiger charge is -2.34. The van der Waals surface area contributed by atoms with Crippen LogP contribution in [0.3, 0.4) is 0 Å². The standard InChI is InChI=1S/C21H22FN3O3S2/c1-27-16-7-8-17(28-2)20-19(16)23-21(30-20)25-11-9-24(10-12-25)18(26)13-29-15-5-3-14(22)4-6-15/h3-8H,9-13H2,1-2H3. The monoisotopic (exact) mass is 447 g/mol. The molecule has 0 N–H and O–H groups in total. The minimum atomic E-state index is -0.271. The molecule has 2 aromatic carbocycles. The Morgan fingerprint density at radius 1 is 1.07 bits per heavy atom. The van der Waals surface area contributed by atoms with Crippen molar-refractivity contribution in [2.75, 3.05) is 51.1 Å². The average Bonchev–Trinajstić information content (AvgIpc) is 3.23. The van der Waals surface area contributed by atoms with Gasteiger partial charge in [0.05, 0.1) is 20.0 Å². The summed E-state index contributed by atoms with van der Waals surface area (Å²) < 4.78 is 24.9. The summed E-state index contributed by atoms with van der Waals surface area (Å²) in [5, 5.41) is 0.903. The van der Waals surface area contributed by atoms with E-state index >= 15 is 0 Å². The molecule has 0 unspecified atom stereocenters. The van der Waals surface area contributed by atoms with Gasteiger partial charge in [-0.1, -0.05) is 11.3 Å². The summed E-state index contributed by atoms with van der Waals surface area (Å²) in [5.41, 5.74) is 0.797. The van der Waals surface area contributed by atoms with Crippen molar-refractivity contribution in [3.8, 4) is 11.5 Å². The second-order valence-electron chi connectivity index (χ2n) is 6.75. The van der Waals surface area contributed by atoms with Crippen molar-refractivity contribution in [2.45, 2.75) is 4.90 Å². The first-order valence-corrected chi connectivity index (χ1v) is 11.3. The van der Waals surface area contributed by atoms with Crippen molar-refractivity contribution in [1.29, 1.82) is 0 Å². The minimum Gasteiger partial charge on any atom is -0.495 e. The van der Waals surface area contributed by atoms with Crippen molar-refractivity contribution in [3.05, 3.63) is 42.2 Å². The summed E-state index contributed by atoms with van der Waals surface area (Å²) >= 11 is 3.00. The number of rotatable bonds is 6. The Kier molecular flexibility index (Phi) is 6.29. The first-order valence-electron chi connectivity index (χ1n) is 9.51. The molecule has 2 heterocycles. The fraction of sp³-hybridized carbons (Fsp3) is 0.333. The van der Waals surface area contributed by atoms with Crippen molar-refractivity contribution in [1.82, 2.24) is 9.88 Å². The molecule has 0 atom stereocenters. The second kappa shape index (κ2) is 9.09. The van der Waals surface area contributed by atoms with Gasteiger partial charge >= 0.3 is 0 Å². The molecule has 1 saturated heterocycles. The van der Waals surface area contributed by atoms with Gasteiger partial charge in [-0.05, 0) is 36.4 Å². The quantitative estimate of drug-likeness (QED) is 0.535. The van der Waals surface area contributed by atoms with Crippen molar-refractivity contribution >= 4 is 44.4 Å². The van der Waals surface area contributed by atoms with E-state index in [4.69, 9.17) is 14.5 Å². The molecule has 1 amide bonds. The lowest BCUT2D eigenvalue weighted by molar-refractivity contribution is -0.128. The highest BCUT2D eigenvalue weighted by Crippen LogP contribution is 2.40. The lowest BCUT2D eigenvalue weighted by Crippen LogP contribution is -2.49. The molecule has 0 spiro atoms. The van der Waals surface area contributed by atoms with E-state index < -0.39 is 0 Å². The molecule has 9 heteroatoms. The van der Waals surface area contributed by atoms with Crippen LogP contribution < -0.4 is 14.4 Å². The number of hydrogen-bond acceptors (Lipinski definition) is 7. The third-order valence-corrected chi connectivity index (χ3v) is 7.11. The van der Waals surface area contributed by atoms with Crippen LogP contribution in [0.25, 0.3) is 10.2 Å². The zero-order chi connectivity index (χ0) is 21.1. The Hall–Kier alpha value is -2.52. The number of carbonyl (C=O) groups excluding carboxylic acids is 1. The fourth-order valence-corrected chi connectivity index (χ4v) is 5.25. The summed E-state index contributed by atoms with van der Waals surface area (Å²) in [6.45, 7) is 2.73. The van der Waals surface area contributed by atoms with Crippen LogP contribution in [0, 0.1) is 5.82 Å². The summed E-state index contributed by atoms with van der Waals surface area (Å²) in [5.74, 6) is 1.67. The smallest absolute Gasteiger partial charge is 0.233 e. The maximum atomic E-state index is 13.0. The number of thioether (sulfide) groups is 1. The zero-order valence-electron chi connectivity index (χ0n) is 16.8. The first-order chi connectivity index (χ1) is 14.6. The van der Waals surface area contributed by atoms with Gasteiger partial charge in [-0.2, -0.15) is 0 Å². The highest BCUT2D eigenvalue weighted by molar-refractivity contribution is 8.00. The number of thiazole rings is 1. The molecular formula is C21H22FN3O3S2. The topological polar surface area (TPSA) is 54.9 Å². The van der Waals surface area contributed by atoms with E-state index in [9.17, 15) is 9.18 Å². The molecule has 1 fully saturated rings. The van der Waals surface area contributed by atoms with Crippen LogP contribution in [0.15, 0.2) is 41.3 Å². The number of ether oxygens (including phenoxy) is 2. The molecule has 6 nitrogen and oxygen atoms in total. The van der Waals surface area contributed by atoms with Gasteiger partial charge in [0.1, 0.15) is 27.5 Å². The number of fused-ring (bicyclic) bond motifs is 1. The summed E-state index contributed by atoms with van der Waals surface area (Å²) in [6, 6.07) is 9.96. The Morgan fingerprint density at radius 3 is 2.40 bits per heavy atom. The predicted molar refractivity (Wildman–Crippen MR) is 119 cm³/mol. The molecule has 1 aromatic heterocycles. The molecule has 1 aliphatic rings. The number of anilines is 1. The summed E-state index contributed by atoms with van der Waals surface area (Å²) in [6.07, 6.45) is 0. The molecule has 0 aliphatic carbocycles. The van der Waals surface area contributed by atoms with E-state index in [0.717, 1.165) is 44.8 Å². The van der Waals surface area contributed by atoms with E-state index in [1.807, 2.05) is 17.0 Å². The number of nitrogens with zero attached hydrogens (tertiary/aromatic N) is 3. The van der Waals surface area contributed by atoms with Crippen LogP contribution in [0.4, 0.5) is 9.52 Å². The Bertz CT molecular complexity index is 993. The fourth-order valence-electron chi connectivity index (χ4n) is 3.32. The van der Waals surface area contributed by atoms with Gasteiger partial charge in [-0.25, -0.2) is 9.37 Å². The van der Waals surface area contributed by atoms with Gasteiger partial charge < -0.3 is 19.3 Å². The highest BCUT2D eigenvalue weighted by Gasteiger charge is 2.24. The van der Waals surface area contributed by atoms with Gasteiger partial charge in [0.2, 0.25) is 5.91 Å². The number of hydrogen-bond donors (Lipinski definition) is 0. The van der Waals surface area contributed by atoms with Crippen LogP contribution in [-0.4, -0.2) is 61.9 Å². The van der Waals surface area contributed by atoms with Gasteiger partial charge in [0.25, 0.3) is 0 Å². The van der Waals surface area contributed by atoms with Gasteiger partial charge in [0, 0.05) is 31.1 Å². The van der Waals surface area contributed by atoms with Crippen LogP contribution in [0.2, 0.25) is 0 Å². The lowest BCUT2D eigenvalue weighted by atomic mass is 10.3. The van der Waals surface area contributed by atoms with Gasteiger partial charge in [0.15, 0.2) is 5.13 Å². The summed E-state index contributed by atoms with van der Waals surface area (Å²) in [4.78, 5) is 22.3. The van der Waals surface area contributed by atoms with E-state index in [2.05, 4.69) is 4.90 Å². The van der Waals surface area contributed by atoms with Gasteiger partial charge in [-0.3, -0.25) is 4.79 Å². The van der Waals surface area contributed by atoms with Crippen molar-refractivity contribution in [2.24, 2.45) is 0 Å². The number of benzene rings is 2. The summed E-state index contributed by atoms with van der Waals surface area (Å²) in [7, 11) is 3.28. The minimum absolute atomic E-state index is 0.0941. The third-order valence-electron chi connectivity index (χ3n) is 4.98. The molecule has 4 rings (SSSR count). The number of aromatic nitrogens is 1. The largest absolute Gasteiger partial charge is 0.495 e. The van der Waals surface area contributed by atoms with Crippen LogP contribution in [0.1, 0.15) is 0 Å². The number of amides is 1. The first kappa shape index (κ1) is 20.7. The maximum Gasteiger partial charge on any atom is 0.233 e. The molecule has 0 radical (unpaired) electrons. The second-order valence-corrected chi connectivity index (χ2v) is 8.78. The Labute approximate surface area is 182 Å². The van der Waals surface area contributed by atoms with E-state index in [-0.39, 0.29) is 11.7 Å². The third kappa shape index (κ3) is 4.32. The number of methoxy groups -OCH3 is 2. The van der Waals surface area contributed by atoms with Crippen molar-refractivity contribution in [3.63, 3.8) is 0 Å². The molecule has 30 heavy (non-hydrogen) atoms. The Balaban J connectivity index is 1.38. The van der Waals surface area contributed by atoms with E-state index in [1.165, 1.54) is 23.9 Å². The molecule has 0 saturated carbocycles. The van der Waals surface area contributed by atoms with Gasteiger partial charge in [-0.15, -0.1) is 11.8 Å². The van der Waals surface area contributed by atoms with Crippen LogP contribution in [0.5, 0.6) is 11.5 Å². The SMILES string of the molecule is COc1ccc(OC)c2sc(N3CCN(C(=O)CSc4ccc(F)cc4)CC3)nc12. The average molecular weight is 448 g/mol. The Morgan fingerprint density at radius 2 is 1.73 bits per heavy atom. The van der Waals surface area contributed by atoms with Crippen molar-refractivity contribution < 1.29 is 18.7 Å². The molecule has 3 aromatic rings. The highest BCUT2D eigenvalue weighted by atomic mass is 32.2. The maximum absolute atomic E-state index is 13.0. The predicted octanol–water partition coefficient (Wildman–Crippen LogP) is 3.89. The van der Waals surface area contributed by atoms with E-state index in [1.54, 1.807) is 37.7 Å². The zero-order valence-corrected chi connectivity index (χ0v) is 18.4. The molecule has 0 bridgehead atoms.